The molecular weight excluding hydrogens is 423 g/mol. The summed E-state index contributed by atoms with van der Waals surface area (Å²) in [6.07, 6.45) is 0.781. The first-order valence-electron chi connectivity index (χ1n) is 9.46. The first-order chi connectivity index (χ1) is 15.3. The Labute approximate surface area is 181 Å². The summed E-state index contributed by atoms with van der Waals surface area (Å²) in [5.41, 5.74) is -0.658. The zero-order valence-corrected chi connectivity index (χ0v) is 16.7. The number of alkyl halides is 2. The number of nitriles is 1. The fraction of sp³-hybridized carbons (Fsp3) is 0.182. The number of hydrogen-bond donors (Lipinski definition) is 2. The Morgan fingerprint density at radius 3 is 2.62 bits per heavy atom. The molecule has 0 saturated heterocycles. The van der Waals surface area contributed by atoms with E-state index < -0.39 is 36.3 Å². The molecule has 3 rings (SSSR count). The summed E-state index contributed by atoms with van der Waals surface area (Å²) in [6.45, 7) is -1.10. The van der Waals surface area contributed by atoms with Crippen molar-refractivity contribution in [1.82, 2.24) is 15.0 Å². The van der Waals surface area contributed by atoms with Gasteiger partial charge in [0.2, 0.25) is 5.91 Å². The fourth-order valence-corrected chi connectivity index (χ4v) is 2.86. The van der Waals surface area contributed by atoms with E-state index in [9.17, 15) is 28.4 Å². The first kappa shape index (κ1) is 22.6. The zero-order chi connectivity index (χ0) is 23.1. The van der Waals surface area contributed by atoms with E-state index in [-0.39, 0.29) is 28.9 Å². The molecule has 0 unspecified atom stereocenters. The summed E-state index contributed by atoms with van der Waals surface area (Å²) in [7, 11) is 0. The molecule has 2 aromatic heterocycles. The van der Waals surface area contributed by atoms with Crippen molar-refractivity contribution >= 4 is 5.91 Å². The van der Waals surface area contributed by atoms with Crippen molar-refractivity contribution in [3.05, 3.63) is 94.6 Å². The predicted octanol–water partition coefficient (Wildman–Crippen LogP) is 2.68. The Kier molecular flexibility index (Phi) is 6.90. The highest BCUT2D eigenvalue weighted by Gasteiger charge is 2.32. The van der Waals surface area contributed by atoms with Crippen LogP contribution in [0.3, 0.4) is 0 Å². The van der Waals surface area contributed by atoms with Crippen LogP contribution in [0.15, 0.2) is 65.8 Å². The Balaban J connectivity index is 1.80. The fourth-order valence-electron chi connectivity index (χ4n) is 2.86. The third kappa shape index (κ3) is 5.31. The molecule has 0 aliphatic carbocycles. The van der Waals surface area contributed by atoms with E-state index in [1.165, 1.54) is 48.7 Å². The van der Waals surface area contributed by atoms with Crippen LogP contribution in [0.1, 0.15) is 22.5 Å². The Morgan fingerprint density at radius 1 is 1.19 bits per heavy atom. The van der Waals surface area contributed by atoms with E-state index >= 15 is 0 Å². The lowest BCUT2D eigenvalue weighted by Crippen LogP contribution is -2.31. The smallest absolute Gasteiger partial charge is 0.308 e. The second-order valence-electron chi connectivity index (χ2n) is 6.76. The lowest BCUT2D eigenvalue weighted by atomic mass is 10.1. The second-order valence-corrected chi connectivity index (χ2v) is 6.76. The minimum atomic E-state index is -3.39. The second kappa shape index (κ2) is 9.78. The Bertz CT molecular complexity index is 1220. The van der Waals surface area contributed by atoms with Crippen LogP contribution >= 0.6 is 0 Å². The maximum Gasteiger partial charge on any atom is 0.308 e. The van der Waals surface area contributed by atoms with Crippen LogP contribution in [0.2, 0.25) is 0 Å². The van der Waals surface area contributed by atoms with E-state index in [0.29, 0.717) is 4.73 Å². The number of aromatic nitrogens is 2. The average Bonchev–Trinajstić information content (AvgIpc) is 2.79. The van der Waals surface area contributed by atoms with Crippen molar-refractivity contribution in [3.8, 4) is 6.07 Å². The van der Waals surface area contributed by atoms with E-state index in [4.69, 9.17) is 0 Å². The molecule has 0 aliphatic heterocycles. The molecule has 0 saturated carbocycles. The normalized spacial score (nSPS) is 11.8. The quantitative estimate of drug-likeness (QED) is 0.550. The summed E-state index contributed by atoms with van der Waals surface area (Å²) in [6, 6.07) is 14.3. The van der Waals surface area contributed by atoms with Gasteiger partial charge in [0, 0.05) is 18.3 Å². The van der Waals surface area contributed by atoms with E-state index in [0.717, 1.165) is 6.07 Å². The molecule has 0 atom stereocenters. The number of carbonyl (C=O) groups excluding carboxylic acids is 1. The van der Waals surface area contributed by atoms with E-state index in [2.05, 4.69) is 15.3 Å². The van der Waals surface area contributed by atoms with Crippen molar-refractivity contribution in [1.29, 1.82) is 5.26 Å². The van der Waals surface area contributed by atoms with Crippen molar-refractivity contribution in [2.75, 3.05) is 6.54 Å². The maximum absolute atomic E-state index is 14.3. The molecule has 1 amide bonds. The number of amides is 1. The minimum Gasteiger partial charge on any atom is -0.427 e. The van der Waals surface area contributed by atoms with Crippen LogP contribution < -0.4 is 10.8 Å². The van der Waals surface area contributed by atoms with Gasteiger partial charge in [0.05, 0.1) is 17.7 Å². The van der Waals surface area contributed by atoms with Crippen LogP contribution in [0, 0.1) is 17.1 Å². The molecule has 164 valence electrons. The number of pyridine rings is 2. The van der Waals surface area contributed by atoms with Gasteiger partial charge in [0.1, 0.15) is 24.1 Å². The average molecular weight is 441 g/mol. The molecule has 3 aromatic rings. The monoisotopic (exact) mass is 441 g/mol. The molecule has 0 fully saturated rings. The third-order valence-electron chi connectivity index (χ3n) is 4.54. The van der Waals surface area contributed by atoms with Gasteiger partial charge in [0.15, 0.2) is 5.49 Å². The Morgan fingerprint density at radius 2 is 1.94 bits per heavy atom. The first-order valence-corrected chi connectivity index (χ1v) is 9.46. The highest BCUT2D eigenvalue weighted by molar-refractivity contribution is 5.78. The maximum atomic E-state index is 14.3. The van der Waals surface area contributed by atoms with Gasteiger partial charge >= 0.3 is 5.92 Å². The van der Waals surface area contributed by atoms with Gasteiger partial charge in [-0.15, -0.1) is 0 Å². The Hall–Kier alpha value is -4.13. The zero-order valence-electron chi connectivity index (χ0n) is 16.7. The number of hydrogen-bond acceptors (Lipinski definition) is 5. The summed E-state index contributed by atoms with van der Waals surface area (Å²) in [4.78, 5) is 19.7. The van der Waals surface area contributed by atoms with Crippen molar-refractivity contribution in [2.45, 2.75) is 18.9 Å². The summed E-state index contributed by atoms with van der Waals surface area (Å²) < 4.78 is 42.8. The lowest BCUT2D eigenvalue weighted by Gasteiger charge is -2.14. The van der Waals surface area contributed by atoms with Crippen molar-refractivity contribution < 1.29 is 23.2 Å². The molecular formula is C22H18F3N5O2. The van der Waals surface area contributed by atoms with Gasteiger partial charge in [0.25, 0.3) is 0 Å². The van der Waals surface area contributed by atoms with Gasteiger partial charge in [-0.2, -0.15) is 18.8 Å². The van der Waals surface area contributed by atoms with Gasteiger partial charge in [-0.3, -0.25) is 14.8 Å². The number of nitrogens with zero attached hydrogens (tertiary/aromatic N) is 4. The standard InChI is InChI=1S/C22H18F3N5O2/c23-17-6-2-1-5-16(17)13-28-21(31)11-18-15(12-26)8-9-20(30(18)32)29-14-22(24,25)19-7-3-4-10-27-19/h1-10,32H,11,13-14H2,(H,28,31). The molecule has 1 aromatic carbocycles. The summed E-state index contributed by atoms with van der Waals surface area (Å²) >= 11 is 0. The molecule has 0 radical (unpaired) electrons. The summed E-state index contributed by atoms with van der Waals surface area (Å²) in [5.74, 6) is -4.49. The largest absolute Gasteiger partial charge is 0.427 e. The molecule has 32 heavy (non-hydrogen) atoms. The minimum absolute atomic E-state index is 0.0380. The molecule has 2 N–H and O–H groups in total. The number of benzene rings is 1. The van der Waals surface area contributed by atoms with Gasteiger partial charge in [-0.25, -0.2) is 4.39 Å². The highest BCUT2D eigenvalue weighted by atomic mass is 19.3. The van der Waals surface area contributed by atoms with E-state index in [1.807, 2.05) is 6.07 Å². The van der Waals surface area contributed by atoms with Crippen LogP contribution in [-0.4, -0.2) is 27.4 Å². The number of nitrogens with one attached hydrogen (secondary N) is 1. The third-order valence-corrected chi connectivity index (χ3v) is 4.54. The van der Waals surface area contributed by atoms with Gasteiger partial charge in [-0.1, -0.05) is 24.3 Å². The van der Waals surface area contributed by atoms with Crippen molar-refractivity contribution in [2.24, 2.45) is 4.99 Å². The van der Waals surface area contributed by atoms with Crippen LogP contribution in [-0.2, 0) is 23.7 Å². The molecule has 0 bridgehead atoms. The molecule has 0 aliphatic rings. The van der Waals surface area contributed by atoms with Crippen molar-refractivity contribution in [3.63, 3.8) is 0 Å². The molecule has 0 spiro atoms. The molecule has 2 heterocycles. The van der Waals surface area contributed by atoms with E-state index in [1.54, 1.807) is 6.07 Å². The topological polar surface area (TPSA) is 103 Å². The summed E-state index contributed by atoms with van der Waals surface area (Å²) in [5, 5.41) is 22.2. The van der Waals surface area contributed by atoms with Gasteiger partial charge < -0.3 is 10.5 Å². The molecule has 7 nitrogen and oxygen atoms in total. The van der Waals surface area contributed by atoms with Crippen LogP contribution in [0.5, 0.6) is 0 Å². The molecule has 10 heteroatoms. The highest BCUT2D eigenvalue weighted by Crippen LogP contribution is 2.25. The number of halogens is 3. The van der Waals surface area contributed by atoms with Crippen LogP contribution in [0.25, 0.3) is 0 Å². The van der Waals surface area contributed by atoms with Gasteiger partial charge in [-0.05, 0) is 30.3 Å². The SMILES string of the molecule is N#Cc1ccc(=NCC(F)(F)c2ccccn2)n(O)c1CC(=O)NCc1ccccc1F. The number of rotatable bonds is 7. The predicted molar refractivity (Wildman–Crippen MR) is 107 cm³/mol. The lowest BCUT2D eigenvalue weighted by molar-refractivity contribution is -0.120. The van der Waals surface area contributed by atoms with Crippen LogP contribution in [0.4, 0.5) is 13.2 Å². The number of carbonyl (C=O) groups is 1.